The summed E-state index contributed by atoms with van der Waals surface area (Å²) in [6, 6.07) is -0.874. The summed E-state index contributed by atoms with van der Waals surface area (Å²) in [5.74, 6) is -1.95. The van der Waals surface area contributed by atoms with Crippen LogP contribution in [0.15, 0.2) is 22.3 Å². The molecule has 3 heterocycles. The van der Waals surface area contributed by atoms with Crippen LogP contribution in [0, 0.1) is 0 Å². The van der Waals surface area contributed by atoms with Gasteiger partial charge in [-0.3, -0.25) is 14.5 Å². The summed E-state index contributed by atoms with van der Waals surface area (Å²) in [6.07, 6.45) is 1.46. The number of fused-ring (bicyclic) bond motifs is 1. The molecule has 11 nitrogen and oxygen atoms in total. The molecule has 13 heteroatoms. The zero-order valence-corrected chi connectivity index (χ0v) is 15.5. The minimum Gasteiger partial charge on any atom is -0.477 e. The number of aromatic nitrogens is 1. The molecule has 2 amide bonds. The summed E-state index contributed by atoms with van der Waals surface area (Å²) in [4.78, 5) is 46.4. The van der Waals surface area contributed by atoms with Crippen LogP contribution in [-0.4, -0.2) is 68.8 Å². The van der Waals surface area contributed by atoms with Gasteiger partial charge in [0.1, 0.15) is 29.4 Å². The number of anilines is 1. The number of β-lactam (4-membered cyclic amide) rings is 1. The van der Waals surface area contributed by atoms with Gasteiger partial charge in [0.2, 0.25) is 0 Å². The molecule has 3 rings (SSSR count). The molecule has 1 aromatic heterocycles. The van der Waals surface area contributed by atoms with Crippen LogP contribution < -0.4 is 16.8 Å². The summed E-state index contributed by atoms with van der Waals surface area (Å²) in [6.45, 7) is 0.300. The number of carbonyl (C=O) groups is 3. The first-order valence-corrected chi connectivity index (χ1v) is 9.67. The summed E-state index contributed by atoms with van der Waals surface area (Å²) < 4.78 is 0. The molecular formula is C14H16N6O5S2. The predicted molar refractivity (Wildman–Crippen MR) is 98.8 cm³/mol. The number of thioether (sulfide) groups is 1. The zero-order valence-electron chi connectivity index (χ0n) is 13.8. The highest BCUT2D eigenvalue weighted by atomic mass is 32.2. The van der Waals surface area contributed by atoms with Crippen molar-refractivity contribution in [3.63, 3.8) is 0 Å². The van der Waals surface area contributed by atoms with Gasteiger partial charge in [-0.2, -0.15) is 0 Å². The van der Waals surface area contributed by atoms with Crippen LogP contribution in [0.3, 0.4) is 0 Å². The molecule has 2 atom stereocenters. The molecule has 1 saturated heterocycles. The van der Waals surface area contributed by atoms with Crippen LogP contribution in [-0.2, 0) is 19.2 Å². The first-order valence-electron chi connectivity index (χ1n) is 7.74. The average molecular weight is 412 g/mol. The minimum atomic E-state index is -1.19. The van der Waals surface area contributed by atoms with E-state index in [9.17, 15) is 19.5 Å². The number of carbonyl (C=O) groups excluding carboxylic acids is 2. The van der Waals surface area contributed by atoms with Crippen LogP contribution in [0.1, 0.15) is 5.69 Å². The lowest BCUT2D eigenvalue weighted by Crippen LogP contribution is -2.70. The standard InChI is InChI=1S/C14H16N6O5S2/c15-2-3-25-19-8(6-5-27-14(16)17-6)10(21)18-9-11(22)20-7(13(23)24)1-4-26-12(9)20/h1,5,9,12H,2-4,15H2,(H2,16,17)(H,18,21)(H,23,24)/t9?,12-/m0/s1. The van der Waals surface area contributed by atoms with Crippen molar-refractivity contribution in [3.05, 3.63) is 22.8 Å². The molecule has 6 N–H and O–H groups in total. The van der Waals surface area contributed by atoms with Gasteiger partial charge in [0.05, 0.1) is 0 Å². The highest BCUT2D eigenvalue weighted by Crippen LogP contribution is 2.37. The van der Waals surface area contributed by atoms with Gasteiger partial charge in [0.25, 0.3) is 11.8 Å². The number of hydrogen-bond donors (Lipinski definition) is 4. The van der Waals surface area contributed by atoms with Crippen molar-refractivity contribution in [2.24, 2.45) is 10.9 Å². The molecule has 0 spiro atoms. The Morgan fingerprint density at radius 2 is 2.30 bits per heavy atom. The van der Waals surface area contributed by atoms with Crippen molar-refractivity contribution in [1.29, 1.82) is 0 Å². The second kappa shape index (κ2) is 7.94. The number of nitrogens with zero attached hydrogens (tertiary/aromatic N) is 3. The smallest absolute Gasteiger partial charge is 0.352 e. The Hall–Kier alpha value is -2.64. The molecular weight excluding hydrogens is 396 g/mol. The number of nitrogen functional groups attached to an aromatic ring is 1. The SMILES string of the molecule is NCCON=C(C(=O)NC1C(=O)N2C(C(=O)O)=CCS[C@@H]12)c1csc(N)n1. The lowest BCUT2D eigenvalue weighted by atomic mass is 10.0. The van der Waals surface area contributed by atoms with Gasteiger partial charge in [-0.25, -0.2) is 9.78 Å². The number of aliphatic carboxylic acids is 1. The maximum atomic E-state index is 12.6. The number of carboxylic acid groups (broad SMARTS) is 1. The lowest BCUT2D eigenvalue weighted by Gasteiger charge is -2.48. The molecule has 1 aromatic rings. The van der Waals surface area contributed by atoms with E-state index in [2.05, 4.69) is 15.5 Å². The van der Waals surface area contributed by atoms with Crippen molar-refractivity contribution >= 4 is 51.7 Å². The molecule has 2 aliphatic heterocycles. The third-order valence-corrected chi connectivity index (χ3v) is 5.55. The van der Waals surface area contributed by atoms with E-state index >= 15 is 0 Å². The topological polar surface area (TPSA) is 173 Å². The summed E-state index contributed by atoms with van der Waals surface area (Å²) in [5.41, 5.74) is 10.9. The van der Waals surface area contributed by atoms with Gasteiger partial charge < -0.3 is 26.7 Å². The van der Waals surface area contributed by atoms with Gasteiger partial charge in [-0.15, -0.1) is 23.1 Å². The summed E-state index contributed by atoms with van der Waals surface area (Å²) >= 11 is 2.47. The van der Waals surface area contributed by atoms with E-state index in [-0.39, 0.29) is 35.4 Å². The number of thiazole rings is 1. The van der Waals surface area contributed by atoms with Gasteiger partial charge in [0.15, 0.2) is 10.8 Å². The Kier molecular flexibility index (Phi) is 5.62. The Bertz CT molecular complexity index is 838. The summed E-state index contributed by atoms with van der Waals surface area (Å²) in [7, 11) is 0. The van der Waals surface area contributed by atoms with Crippen LogP contribution in [0.2, 0.25) is 0 Å². The zero-order chi connectivity index (χ0) is 19.6. The second-order valence-electron chi connectivity index (χ2n) is 5.41. The molecule has 0 aromatic carbocycles. The van der Waals surface area contributed by atoms with E-state index in [1.165, 1.54) is 23.2 Å². The molecule has 2 aliphatic rings. The average Bonchev–Trinajstić information content (AvgIpc) is 3.08. The monoisotopic (exact) mass is 412 g/mol. The number of rotatable bonds is 7. The van der Waals surface area contributed by atoms with Crippen LogP contribution >= 0.6 is 23.1 Å². The molecule has 0 radical (unpaired) electrons. The minimum absolute atomic E-state index is 0.0818. The fourth-order valence-corrected chi connectivity index (χ4v) is 4.25. The fourth-order valence-electron chi connectivity index (χ4n) is 2.51. The normalized spacial score (nSPS) is 21.8. The van der Waals surface area contributed by atoms with E-state index in [1.807, 2.05) is 0 Å². The van der Waals surface area contributed by atoms with Gasteiger partial charge in [-0.1, -0.05) is 5.16 Å². The number of nitrogens with two attached hydrogens (primary N) is 2. The van der Waals surface area contributed by atoms with Crippen LogP contribution in [0.25, 0.3) is 0 Å². The third-order valence-electron chi connectivity index (χ3n) is 3.70. The van der Waals surface area contributed by atoms with E-state index in [1.54, 1.807) is 0 Å². The van der Waals surface area contributed by atoms with Crippen molar-refractivity contribution in [2.45, 2.75) is 11.4 Å². The Balaban J connectivity index is 1.75. The van der Waals surface area contributed by atoms with E-state index < -0.39 is 29.2 Å². The summed E-state index contributed by atoms with van der Waals surface area (Å²) in [5, 5.41) is 16.8. The quantitative estimate of drug-likeness (QED) is 0.185. The Morgan fingerprint density at radius 1 is 1.52 bits per heavy atom. The van der Waals surface area contributed by atoms with Gasteiger partial charge in [0, 0.05) is 17.7 Å². The van der Waals surface area contributed by atoms with Crippen molar-refractivity contribution in [2.75, 3.05) is 24.6 Å². The maximum absolute atomic E-state index is 12.6. The number of nitrogens with one attached hydrogen (secondary N) is 1. The van der Waals surface area contributed by atoms with Crippen molar-refractivity contribution in [1.82, 2.24) is 15.2 Å². The number of hydrogen-bond acceptors (Lipinski definition) is 10. The third kappa shape index (κ3) is 3.74. The fraction of sp³-hybridized carbons (Fsp3) is 0.357. The van der Waals surface area contributed by atoms with E-state index in [0.29, 0.717) is 5.75 Å². The van der Waals surface area contributed by atoms with Crippen LogP contribution in [0.4, 0.5) is 5.13 Å². The molecule has 0 bridgehead atoms. The molecule has 1 fully saturated rings. The Labute approximate surface area is 161 Å². The number of oxime groups is 1. The second-order valence-corrected chi connectivity index (χ2v) is 7.45. The largest absolute Gasteiger partial charge is 0.477 e. The molecule has 0 aliphatic carbocycles. The lowest BCUT2D eigenvalue weighted by molar-refractivity contribution is -0.150. The molecule has 0 saturated carbocycles. The van der Waals surface area contributed by atoms with Gasteiger partial charge >= 0.3 is 5.97 Å². The van der Waals surface area contributed by atoms with Crippen molar-refractivity contribution in [3.8, 4) is 0 Å². The first kappa shape index (κ1) is 19.1. The molecule has 1 unspecified atom stereocenters. The van der Waals surface area contributed by atoms with Crippen molar-refractivity contribution < 1.29 is 24.3 Å². The van der Waals surface area contributed by atoms with E-state index in [4.69, 9.17) is 16.3 Å². The first-order chi connectivity index (χ1) is 12.9. The molecule has 144 valence electrons. The highest BCUT2D eigenvalue weighted by molar-refractivity contribution is 8.00. The number of amides is 2. The maximum Gasteiger partial charge on any atom is 0.352 e. The molecule has 27 heavy (non-hydrogen) atoms. The van der Waals surface area contributed by atoms with E-state index in [0.717, 1.165) is 16.2 Å². The predicted octanol–water partition coefficient (Wildman–Crippen LogP) is -1.23. The van der Waals surface area contributed by atoms with Crippen LogP contribution in [0.5, 0.6) is 0 Å². The highest BCUT2D eigenvalue weighted by Gasteiger charge is 2.53. The number of carboxylic acids is 1. The Morgan fingerprint density at radius 3 is 2.93 bits per heavy atom. The van der Waals surface area contributed by atoms with Gasteiger partial charge in [-0.05, 0) is 6.08 Å².